The van der Waals surface area contributed by atoms with Crippen LogP contribution in [0.1, 0.15) is 49.2 Å². The van der Waals surface area contributed by atoms with Crippen LogP contribution in [-0.4, -0.2) is 39.0 Å². The molecule has 1 aromatic carbocycles. The number of nitrogens with zero attached hydrogens (tertiary/aromatic N) is 4. The number of rotatable bonds is 7. The van der Waals surface area contributed by atoms with Gasteiger partial charge in [0.2, 0.25) is 5.91 Å². The van der Waals surface area contributed by atoms with Crippen LogP contribution in [0.3, 0.4) is 0 Å². The van der Waals surface area contributed by atoms with Crippen molar-refractivity contribution in [3.8, 4) is 0 Å². The lowest BCUT2D eigenvalue weighted by atomic mass is 10.0. The van der Waals surface area contributed by atoms with Gasteiger partial charge in [0.15, 0.2) is 0 Å². The van der Waals surface area contributed by atoms with Crippen LogP contribution in [0.25, 0.3) is 0 Å². The first-order chi connectivity index (χ1) is 12.8. The van der Waals surface area contributed by atoms with Crippen LogP contribution in [0.2, 0.25) is 0 Å². The molecule has 1 atom stereocenters. The Morgan fingerprint density at radius 2 is 2.08 bits per heavy atom. The molecule has 6 heteroatoms. The van der Waals surface area contributed by atoms with Crippen LogP contribution in [0.5, 0.6) is 0 Å². The van der Waals surface area contributed by atoms with Crippen molar-refractivity contribution in [3.05, 3.63) is 47.3 Å². The third kappa shape index (κ3) is 3.65. The van der Waals surface area contributed by atoms with E-state index in [2.05, 4.69) is 15.0 Å². The highest BCUT2D eigenvalue weighted by Crippen LogP contribution is 2.33. The van der Waals surface area contributed by atoms with Crippen LogP contribution in [0.4, 0.5) is 0 Å². The molecular weight excluding hydrogens is 328 g/mol. The fourth-order valence-corrected chi connectivity index (χ4v) is 3.62. The molecule has 0 spiro atoms. The van der Waals surface area contributed by atoms with Gasteiger partial charge < -0.3 is 9.64 Å². The minimum absolute atomic E-state index is 0.136. The second-order valence-corrected chi connectivity index (χ2v) is 7.25. The summed E-state index contributed by atoms with van der Waals surface area (Å²) in [6.07, 6.45) is 3.91. The summed E-state index contributed by atoms with van der Waals surface area (Å²) in [6.45, 7) is 4.58. The van der Waals surface area contributed by atoms with E-state index in [9.17, 15) is 4.79 Å². The topological polar surface area (TPSA) is 60.2 Å². The molecule has 0 unspecified atom stereocenters. The van der Waals surface area contributed by atoms with Gasteiger partial charge in [0.25, 0.3) is 0 Å². The van der Waals surface area contributed by atoms with E-state index in [-0.39, 0.29) is 11.9 Å². The lowest BCUT2D eigenvalue weighted by Gasteiger charge is -2.34. The van der Waals surface area contributed by atoms with Gasteiger partial charge in [0.1, 0.15) is 11.7 Å². The van der Waals surface area contributed by atoms with E-state index >= 15 is 0 Å². The molecule has 0 bridgehead atoms. The lowest BCUT2D eigenvalue weighted by molar-refractivity contribution is -0.135. The SMILES string of the molecule is CCC(=O)N1CCc2c(nnn2CC2CC2)[C@H]1COCc1ccccc1. The minimum atomic E-state index is -0.136. The molecule has 26 heavy (non-hydrogen) atoms. The van der Waals surface area contributed by atoms with Gasteiger partial charge in [0.05, 0.1) is 18.9 Å². The fourth-order valence-electron chi connectivity index (χ4n) is 3.62. The lowest BCUT2D eigenvalue weighted by Crippen LogP contribution is -2.42. The smallest absolute Gasteiger partial charge is 0.222 e. The number of hydrogen-bond acceptors (Lipinski definition) is 4. The van der Waals surface area contributed by atoms with Crippen LogP contribution in [-0.2, 0) is 29.1 Å². The molecule has 0 radical (unpaired) electrons. The fraction of sp³-hybridized carbons (Fsp3) is 0.550. The molecule has 1 amide bonds. The Kier molecular flexibility index (Phi) is 5.02. The molecule has 2 aromatic rings. The summed E-state index contributed by atoms with van der Waals surface area (Å²) in [5.74, 6) is 0.907. The third-order valence-corrected chi connectivity index (χ3v) is 5.29. The highest BCUT2D eigenvalue weighted by Gasteiger charge is 2.35. The minimum Gasteiger partial charge on any atom is -0.374 e. The standard InChI is InChI=1S/C20H26N4O2/c1-2-19(25)23-11-10-17-20(21-22-24(17)12-15-8-9-15)18(23)14-26-13-16-6-4-3-5-7-16/h3-7,15,18H,2,8-14H2,1H3/t18-/m1/s1. The number of ether oxygens (including phenoxy) is 1. The average Bonchev–Trinajstić information content (AvgIpc) is 3.40. The van der Waals surface area contributed by atoms with Crippen molar-refractivity contribution in [2.75, 3.05) is 13.2 Å². The van der Waals surface area contributed by atoms with E-state index in [0.717, 1.165) is 36.7 Å². The van der Waals surface area contributed by atoms with Crippen LogP contribution in [0, 0.1) is 5.92 Å². The summed E-state index contributed by atoms with van der Waals surface area (Å²) in [4.78, 5) is 14.4. The Labute approximate surface area is 154 Å². The van der Waals surface area contributed by atoms with Crippen molar-refractivity contribution >= 4 is 5.91 Å². The molecule has 0 N–H and O–H groups in total. The maximum atomic E-state index is 12.4. The van der Waals surface area contributed by atoms with Gasteiger partial charge in [-0.15, -0.1) is 5.10 Å². The molecule has 1 fully saturated rings. The number of carbonyl (C=O) groups excluding carboxylic acids is 1. The van der Waals surface area contributed by atoms with Crippen molar-refractivity contribution in [2.24, 2.45) is 5.92 Å². The molecule has 4 rings (SSSR count). The Bertz CT molecular complexity index is 754. The maximum absolute atomic E-state index is 12.4. The number of amides is 1. The number of fused-ring (bicyclic) bond motifs is 1. The first-order valence-electron chi connectivity index (χ1n) is 9.59. The molecule has 1 aromatic heterocycles. The van der Waals surface area contributed by atoms with Gasteiger partial charge in [-0.2, -0.15) is 0 Å². The molecule has 0 saturated heterocycles. The molecule has 2 aliphatic rings. The van der Waals surface area contributed by atoms with Crippen LogP contribution in [0.15, 0.2) is 30.3 Å². The van der Waals surface area contributed by atoms with Crippen LogP contribution >= 0.6 is 0 Å². The zero-order valence-corrected chi connectivity index (χ0v) is 15.3. The Morgan fingerprint density at radius 1 is 1.27 bits per heavy atom. The number of carbonyl (C=O) groups is 1. The molecule has 1 aliphatic carbocycles. The molecule has 2 heterocycles. The summed E-state index contributed by atoms with van der Waals surface area (Å²) in [5.41, 5.74) is 3.24. The van der Waals surface area contributed by atoms with Crippen molar-refractivity contribution in [1.82, 2.24) is 19.9 Å². The van der Waals surface area contributed by atoms with E-state index in [0.29, 0.717) is 19.6 Å². The number of hydrogen-bond donors (Lipinski definition) is 0. The second kappa shape index (κ2) is 7.58. The Hall–Kier alpha value is -2.21. The van der Waals surface area contributed by atoms with Crippen molar-refractivity contribution in [1.29, 1.82) is 0 Å². The molecule has 1 aliphatic heterocycles. The second-order valence-electron chi connectivity index (χ2n) is 7.25. The van der Waals surface area contributed by atoms with Gasteiger partial charge in [0, 0.05) is 25.9 Å². The molecule has 1 saturated carbocycles. The Balaban J connectivity index is 1.50. The first-order valence-corrected chi connectivity index (χ1v) is 9.59. The van der Waals surface area contributed by atoms with Crippen molar-refractivity contribution in [3.63, 3.8) is 0 Å². The average molecular weight is 354 g/mol. The quantitative estimate of drug-likeness (QED) is 0.767. The van der Waals surface area contributed by atoms with E-state index in [1.165, 1.54) is 18.5 Å². The predicted molar refractivity (Wildman–Crippen MR) is 97.3 cm³/mol. The highest BCUT2D eigenvalue weighted by atomic mass is 16.5. The first kappa shape index (κ1) is 17.2. The molecule has 138 valence electrons. The van der Waals surface area contributed by atoms with Gasteiger partial charge in [-0.25, -0.2) is 4.68 Å². The summed E-state index contributed by atoms with van der Waals surface area (Å²) < 4.78 is 8.03. The van der Waals surface area contributed by atoms with E-state index in [1.54, 1.807) is 0 Å². The van der Waals surface area contributed by atoms with Crippen molar-refractivity contribution in [2.45, 2.75) is 51.8 Å². The zero-order valence-electron chi connectivity index (χ0n) is 15.3. The monoisotopic (exact) mass is 354 g/mol. The van der Waals surface area contributed by atoms with E-state index in [1.807, 2.05) is 42.2 Å². The van der Waals surface area contributed by atoms with E-state index < -0.39 is 0 Å². The summed E-state index contributed by atoms with van der Waals surface area (Å²) >= 11 is 0. The Morgan fingerprint density at radius 3 is 2.81 bits per heavy atom. The molecule has 6 nitrogen and oxygen atoms in total. The summed E-state index contributed by atoms with van der Waals surface area (Å²) in [7, 11) is 0. The van der Waals surface area contributed by atoms with Gasteiger partial charge in [-0.05, 0) is 24.3 Å². The maximum Gasteiger partial charge on any atom is 0.222 e. The predicted octanol–water partition coefficient (Wildman–Crippen LogP) is 2.74. The van der Waals surface area contributed by atoms with Crippen molar-refractivity contribution < 1.29 is 9.53 Å². The largest absolute Gasteiger partial charge is 0.374 e. The summed E-state index contributed by atoms with van der Waals surface area (Å²) in [6, 6.07) is 9.97. The number of aromatic nitrogens is 3. The van der Waals surface area contributed by atoms with Gasteiger partial charge in [-0.3, -0.25) is 4.79 Å². The highest BCUT2D eigenvalue weighted by molar-refractivity contribution is 5.76. The number of benzene rings is 1. The van der Waals surface area contributed by atoms with Crippen LogP contribution < -0.4 is 0 Å². The third-order valence-electron chi connectivity index (χ3n) is 5.29. The normalized spacial score (nSPS) is 19.4. The van der Waals surface area contributed by atoms with Gasteiger partial charge >= 0.3 is 0 Å². The molecular formula is C20H26N4O2. The van der Waals surface area contributed by atoms with E-state index in [4.69, 9.17) is 4.74 Å². The van der Waals surface area contributed by atoms with Gasteiger partial charge in [-0.1, -0.05) is 42.5 Å². The zero-order chi connectivity index (χ0) is 17.9. The summed E-state index contributed by atoms with van der Waals surface area (Å²) in [5, 5.41) is 8.84.